The summed E-state index contributed by atoms with van der Waals surface area (Å²) in [4.78, 5) is 18.8. The number of anilines is 1. The zero-order valence-electron chi connectivity index (χ0n) is 16.2. The minimum absolute atomic E-state index is 0.0293. The maximum Gasteiger partial charge on any atom is 0.257 e. The highest BCUT2D eigenvalue weighted by molar-refractivity contribution is 8.00. The summed E-state index contributed by atoms with van der Waals surface area (Å²) in [5, 5.41) is 3.16. The normalized spacial score (nSPS) is 13.2. The van der Waals surface area contributed by atoms with Crippen molar-refractivity contribution in [1.82, 2.24) is 4.98 Å². The molecule has 0 aliphatic heterocycles. The van der Waals surface area contributed by atoms with E-state index in [2.05, 4.69) is 30.2 Å². The SMILES string of the molecule is Cc1cc(C)cc(NC(=O)c2c(SCc3ccncc3)sc3c2CCCC3)c1. The average molecular weight is 409 g/mol. The molecule has 1 amide bonds. The van der Waals surface area contributed by atoms with Crippen LogP contribution in [0.15, 0.2) is 46.9 Å². The van der Waals surface area contributed by atoms with E-state index in [1.165, 1.54) is 28.8 Å². The van der Waals surface area contributed by atoms with Crippen molar-refractivity contribution in [3.63, 3.8) is 0 Å². The smallest absolute Gasteiger partial charge is 0.257 e. The van der Waals surface area contributed by atoms with Crippen LogP contribution in [0.25, 0.3) is 0 Å². The Balaban J connectivity index is 1.62. The monoisotopic (exact) mass is 408 g/mol. The van der Waals surface area contributed by atoms with Gasteiger partial charge in [0.05, 0.1) is 9.77 Å². The van der Waals surface area contributed by atoms with Crippen molar-refractivity contribution < 1.29 is 4.79 Å². The second-order valence-corrected chi connectivity index (χ2v) is 9.70. The number of fused-ring (bicyclic) bond motifs is 1. The van der Waals surface area contributed by atoms with Gasteiger partial charge < -0.3 is 5.32 Å². The van der Waals surface area contributed by atoms with Gasteiger partial charge in [-0.25, -0.2) is 0 Å². The number of hydrogen-bond acceptors (Lipinski definition) is 4. The van der Waals surface area contributed by atoms with Gasteiger partial charge in [-0.15, -0.1) is 23.1 Å². The van der Waals surface area contributed by atoms with Crippen molar-refractivity contribution in [1.29, 1.82) is 0 Å². The zero-order valence-corrected chi connectivity index (χ0v) is 17.9. The number of nitrogens with zero attached hydrogens (tertiary/aromatic N) is 1. The number of pyridine rings is 1. The first-order chi connectivity index (χ1) is 13.6. The Morgan fingerprint density at radius 3 is 2.57 bits per heavy atom. The molecule has 3 aromatic rings. The lowest BCUT2D eigenvalue weighted by molar-refractivity contribution is 0.102. The summed E-state index contributed by atoms with van der Waals surface area (Å²) in [6.07, 6.45) is 8.14. The number of carbonyl (C=O) groups is 1. The number of aromatic nitrogens is 1. The third-order valence-electron chi connectivity index (χ3n) is 4.96. The van der Waals surface area contributed by atoms with Gasteiger partial charge >= 0.3 is 0 Å². The molecule has 0 fully saturated rings. The number of amides is 1. The summed E-state index contributed by atoms with van der Waals surface area (Å²) in [6.45, 7) is 4.12. The summed E-state index contributed by atoms with van der Waals surface area (Å²) in [7, 11) is 0. The maximum atomic E-state index is 13.3. The van der Waals surface area contributed by atoms with Gasteiger partial charge in [0.2, 0.25) is 0 Å². The van der Waals surface area contributed by atoms with Crippen molar-refractivity contribution in [2.45, 2.75) is 49.5 Å². The molecule has 4 rings (SSSR count). The third-order valence-corrected chi connectivity index (χ3v) is 7.60. The van der Waals surface area contributed by atoms with Crippen LogP contribution in [0.1, 0.15) is 50.3 Å². The molecular formula is C23H24N2OS2. The van der Waals surface area contributed by atoms with E-state index in [-0.39, 0.29) is 5.91 Å². The van der Waals surface area contributed by atoms with Crippen LogP contribution in [0.2, 0.25) is 0 Å². The van der Waals surface area contributed by atoms with E-state index in [4.69, 9.17) is 0 Å². The molecule has 0 saturated carbocycles. The lowest BCUT2D eigenvalue weighted by atomic mass is 9.95. The van der Waals surface area contributed by atoms with Crippen molar-refractivity contribution in [2.75, 3.05) is 5.32 Å². The van der Waals surface area contributed by atoms with Crippen LogP contribution in [0.5, 0.6) is 0 Å². The molecule has 0 radical (unpaired) electrons. The standard InChI is InChI=1S/C23H24N2OS2/c1-15-11-16(2)13-18(12-15)25-22(26)21-19-5-3-4-6-20(19)28-23(21)27-14-17-7-9-24-10-8-17/h7-13H,3-6,14H2,1-2H3,(H,25,26). The molecule has 2 aromatic heterocycles. The quantitative estimate of drug-likeness (QED) is 0.512. The van der Waals surface area contributed by atoms with Gasteiger partial charge in [-0.2, -0.15) is 0 Å². The Morgan fingerprint density at radius 2 is 1.82 bits per heavy atom. The number of carbonyl (C=O) groups excluding carboxylic acids is 1. The average Bonchev–Trinajstić information content (AvgIpc) is 3.05. The molecule has 144 valence electrons. The van der Waals surface area contributed by atoms with E-state index >= 15 is 0 Å². The van der Waals surface area contributed by atoms with Crippen molar-refractivity contribution >= 4 is 34.7 Å². The number of hydrogen-bond donors (Lipinski definition) is 1. The molecule has 3 nitrogen and oxygen atoms in total. The minimum Gasteiger partial charge on any atom is -0.322 e. The Hall–Kier alpha value is -2.11. The molecule has 2 heterocycles. The van der Waals surface area contributed by atoms with Gasteiger partial charge in [-0.3, -0.25) is 9.78 Å². The fourth-order valence-electron chi connectivity index (χ4n) is 3.74. The van der Waals surface area contributed by atoms with Crippen LogP contribution in [0.3, 0.4) is 0 Å². The van der Waals surface area contributed by atoms with Crippen LogP contribution >= 0.6 is 23.1 Å². The Morgan fingerprint density at radius 1 is 1.11 bits per heavy atom. The zero-order chi connectivity index (χ0) is 19.5. The summed E-state index contributed by atoms with van der Waals surface area (Å²) in [6, 6.07) is 10.3. The van der Waals surface area contributed by atoms with Crippen LogP contribution in [-0.2, 0) is 18.6 Å². The summed E-state index contributed by atoms with van der Waals surface area (Å²) >= 11 is 3.58. The molecule has 1 aliphatic rings. The molecule has 0 atom stereocenters. The molecule has 28 heavy (non-hydrogen) atoms. The maximum absolute atomic E-state index is 13.3. The first kappa shape index (κ1) is 19.2. The predicted molar refractivity (Wildman–Crippen MR) is 119 cm³/mol. The van der Waals surface area contributed by atoms with Crippen molar-refractivity contribution in [3.05, 3.63) is 75.4 Å². The number of nitrogens with one attached hydrogen (secondary N) is 1. The topological polar surface area (TPSA) is 42.0 Å². The van der Waals surface area contributed by atoms with E-state index in [1.807, 2.05) is 48.0 Å². The highest BCUT2D eigenvalue weighted by Gasteiger charge is 2.25. The second-order valence-electron chi connectivity index (χ2n) is 7.35. The molecule has 0 spiro atoms. The first-order valence-corrected chi connectivity index (χ1v) is 11.5. The molecule has 5 heteroatoms. The summed E-state index contributed by atoms with van der Waals surface area (Å²) < 4.78 is 1.14. The fraction of sp³-hybridized carbons (Fsp3) is 0.304. The molecule has 1 N–H and O–H groups in total. The van der Waals surface area contributed by atoms with E-state index in [0.29, 0.717) is 0 Å². The molecule has 0 unspecified atom stereocenters. The Kier molecular flexibility index (Phi) is 5.83. The second kappa shape index (κ2) is 8.50. The van der Waals surface area contributed by atoms with Gasteiger partial charge in [-0.05, 0) is 86.1 Å². The van der Waals surface area contributed by atoms with Gasteiger partial charge in [0.1, 0.15) is 0 Å². The summed E-state index contributed by atoms with van der Waals surface area (Å²) in [5.74, 6) is 0.882. The van der Waals surface area contributed by atoms with Crippen LogP contribution in [-0.4, -0.2) is 10.9 Å². The largest absolute Gasteiger partial charge is 0.322 e. The van der Waals surface area contributed by atoms with E-state index in [9.17, 15) is 4.79 Å². The third kappa shape index (κ3) is 4.31. The van der Waals surface area contributed by atoms with Crippen LogP contribution in [0.4, 0.5) is 5.69 Å². The van der Waals surface area contributed by atoms with Gasteiger partial charge in [0.15, 0.2) is 0 Å². The van der Waals surface area contributed by atoms with E-state index in [1.54, 1.807) is 11.8 Å². The van der Waals surface area contributed by atoms with Crippen LogP contribution in [0, 0.1) is 13.8 Å². The first-order valence-electron chi connectivity index (χ1n) is 9.66. The Bertz CT molecular complexity index is 975. The summed E-state index contributed by atoms with van der Waals surface area (Å²) in [5.41, 5.74) is 6.61. The number of rotatable bonds is 5. The van der Waals surface area contributed by atoms with Crippen LogP contribution < -0.4 is 5.32 Å². The number of thioether (sulfide) groups is 1. The lowest BCUT2D eigenvalue weighted by Gasteiger charge is -2.14. The highest BCUT2D eigenvalue weighted by atomic mass is 32.2. The minimum atomic E-state index is 0.0293. The molecule has 1 aromatic carbocycles. The Labute approximate surface area is 174 Å². The number of benzene rings is 1. The molecule has 0 saturated heterocycles. The van der Waals surface area contributed by atoms with Gasteiger partial charge in [-0.1, -0.05) is 6.07 Å². The van der Waals surface area contributed by atoms with Crippen molar-refractivity contribution in [3.8, 4) is 0 Å². The van der Waals surface area contributed by atoms with Gasteiger partial charge in [0, 0.05) is 28.7 Å². The number of thiophene rings is 1. The molecular weight excluding hydrogens is 384 g/mol. The fourth-order valence-corrected chi connectivity index (χ4v) is 6.42. The van der Waals surface area contributed by atoms with E-state index in [0.717, 1.165) is 45.2 Å². The molecule has 1 aliphatic carbocycles. The number of aryl methyl sites for hydroxylation is 3. The molecule has 0 bridgehead atoms. The van der Waals surface area contributed by atoms with Crippen molar-refractivity contribution in [2.24, 2.45) is 0 Å². The highest BCUT2D eigenvalue weighted by Crippen LogP contribution is 2.41. The predicted octanol–water partition coefficient (Wildman–Crippen LogP) is 6.18. The van der Waals surface area contributed by atoms with E-state index < -0.39 is 0 Å². The lowest BCUT2D eigenvalue weighted by Crippen LogP contribution is -2.15. The van der Waals surface area contributed by atoms with Gasteiger partial charge in [0.25, 0.3) is 5.91 Å².